The van der Waals surface area contributed by atoms with Crippen LogP contribution >= 0.6 is 0 Å². The summed E-state index contributed by atoms with van der Waals surface area (Å²) < 4.78 is 0. The largest absolute Gasteiger partial charge is 4.00 e. The molecule has 0 heterocycles. The van der Waals surface area contributed by atoms with Gasteiger partial charge in [0.2, 0.25) is 0 Å². The van der Waals surface area contributed by atoms with Crippen molar-refractivity contribution in [3.05, 3.63) is 46.0 Å². The Hall–Kier alpha value is -2.41. The number of carbonyl (C=O) groups excluding carboxylic acids is 1. The Balaban J connectivity index is -0.0000000369. The number of carboxylic acid groups (broad SMARTS) is 1. The summed E-state index contributed by atoms with van der Waals surface area (Å²) in [7, 11) is 0. The van der Waals surface area contributed by atoms with Crippen LogP contribution in [0.25, 0.3) is 0 Å². The molecule has 17 heavy (non-hydrogen) atoms. The quantitative estimate of drug-likeness (QED) is 0.270. The van der Waals surface area contributed by atoms with E-state index in [0.29, 0.717) is 0 Å². The minimum absolute atomic E-state index is 0. The fourth-order valence-corrected chi connectivity index (χ4v) is 0. The molecule has 0 aromatic carbocycles. The van der Waals surface area contributed by atoms with E-state index in [1.54, 1.807) is 0 Å². The zero-order valence-electron chi connectivity index (χ0n) is 7.69. The van der Waals surface area contributed by atoms with Gasteiger partial charge in [0.15, 0.2) is 0 Å². The van der Waals surface area contributed by atoms with Crippen molar-refractivity contribution in [3.63, 3.8) is 0 Å². The van der Waals surface area contributed by atoms with E-state index >= 15 is 0 Å². The van der Waals surface area contributed by atoms with E-state index in [4.69, 9.17) is 55.9 Å². The molecule has 0 atom stereocenters. The SMILES string of the molecule is CC(=O)[O-].O=[N+]([O-])[O-].O=[N+]([O-])[O-].O=[N+]([O-])[O-].[Fe+4]. The smallest absolute Gasteiger partial charge is 0.550 e. The zero-order valence-corrected chi connectivity index (χ0v) is 8.79. The van der Waals surface area contributed by atoms with Crippen molar-refractivity contribution in [3.8, 4) is 0 Å². The molecule has 0 spiro atoms. The van der Waals surface area contributed by atoms with Crippen LogP contribution in [0.5, 0.6) is 0 Å². The van der Waals surface area contributed by atoms with Gasteiger partial charge >= 0.3 is 17.1 Å². The van der Waals surface area contributed by atoms with E-state index in [1.165, 1.54) is 0 Å². The van der Waals surface area contributed by atoms with Gasteiger partial charge in [0.05, 0.1) is 15.3 Å². The molecule has 0 aliphatic rings. The molecule has 0 saturated heterocycles. The molecular weight excluding hydrogens is 298 g/mol. The zero-order chi connectivity index (χ0) is 14.3. The molecular formula is C2H3FeN3O11. The summed E-state index contributed by atoms with van der Waals surface area (Å²) in [6, 6.07) is 0. The first-order valence-corrected chi connectivity index (χ1v) is 2.55. The van der Waals surface area contributed by atoms with Crippen molar-refractivity contribution < 1.29 is 42.2 Å². The summed E-state index contributed by atoms with van der Waals surface area (Å²) in [5.41, 5.74) is 0. The molecule has 0 fully saturated rings. The predicted octanol–water partition coefficient (Wildman–Crippen LogP) is -1.96. The number of carbonyl (C=O) groups is 1. The number of hydrogen-bond donors (Lipinski definition) is 0. The normalized spacial score (nSPS) is 5.71. The summed E-state index contributed by atoms with van der Waals surface area (Å²) in [5, 5.41) is 53.1. The van der Waals surface area contributed by atoms with Crippen LogP contribution < -0.4 is 5.11 Å². The van der Waals surface area contributed by atoms with Gasteiger partial charge in [-0.15, -0.1) is 0 Å². The molecule has 14 nitrogen and oxygen atoms in total. The number of rotatable bonds is 0. The van der Waals surface area contributed by atoms with Crippen molar-refractivity contribution in [2.75, 3.05) is 0 Å². The van der Waals surface area contributed by atoms with Gasteiger partial charge in [-0.25, -0.2) is 0 Å². The van der Waals surface area contributed by atoms with Crippen LogP contribution in [0.1, 0.15) is 6.92 Å². The van der Waals surface area contributed by atoms with Crippen LogP contribution in [0.15, 0.2) is 0 Å². The maximum Gasteiger partial charge on any atom is 4.00 e. The van der Waals surface area contributed by atoms with Gasteiger partial charge in [0.25, 0.3) is 0 Å². The summed E-state index contributed by atoms with van der Waals surface area (Å²) in [5.74, 6) is -1.08. The van der Waals surface area contributed by atoms with Crippen molar-refractivity contribution >= 4 is 5.97 Å². The van der Waals surface area contributed by atoms with E-state index < -0.39 is 21.2 Å². The second-order valence-electron chi connectivity index (χ2n) is 1.16. The fraction of sp³-hybridized carbons (Fsp3) is 0.500. The average Bonchev–Trinajstić information content (AvgIpc) is 1.76. The Morgan fingerprint density at radius 2 is 0.765 bits per heavy atom. The molecule has 0 amide bonds. The molecule has 0 aliphatic carbocycles. The van der Waals surface area contributed by atoms with Gasteiger partial charge in [0.1, 0.15) is 0 Å². The van der Waals surface area contributed by atoms with E-state index in [-0.39, 0.29) is 17.1 Å². The molecule has 0 aromatic rings. The van der Waals surface area contributed by atoms with Crippen molar-refractivity contribution in [2.24, 2.45) is 0 Å². The maximum atomic E-state index is 8.89. The van der Waals surface area contributed by atoms with E-state index in [1.807, 2.05) is 0 Å². The third-order valence-corrected chi connectivity index (χ3v) is 0. The Morgan fingerprint density at radius 3 is 0.765 bits per heavy atom. The number of carboxylic acids is 1. The van der Waals surface area contributed by atoms with Gasteiger partial charge in [-0.05, 0) is 6.92 Å². The second kappa shape index (κ2) is 23.4. The predicted molar refractivity (Wildman–Crippen MR) is 41.8 cm³/mol. The van der Waals surface area contributed by atoms with Crippen molar-refractivity contribution in [1.82, 2.24) is 0 Å². The monoisotopic (exact) mass is 301 g/mol. The Kier molecular flexibility index (Phi) is 40.4. The van der Waals surface area contributed by atoms with E-state index in [2.05, 4.69) is 0 Å². The molecule has 0 rings (SSSR count). The Bertz CT molecular complexity index is 165. The standard InChI is InChI=1S/C2H4O2.Fe.3NO3/c1-2(3)4;;3*2-1(3)4/h1H3,(H,3,4);;;;/q;+4;3*-1/p-1. The first kappa shape index (κ1) is 29.3. The van der Waals surface area contributed by atoms with Crippen LogP contribution in [-0.2, 0) is 21.9 Å². The fourth-order valence-electron chi connectivity index (χ4n) is 0. The number of aliphatic carboxylic acids is 1. The minimum atomic E-state index is -1.75. The van der Waals surface area contributed by atoms with Gasteiger partial charge in [0, 0.05) is 5.97 Å². The summed E-state index contributed by atoms with van der Waals surface area (Å²) in [6.07, 6.45) is 0. The molecule has 0 aliphatic heterocycles. The molecule has 0 N–H and O–H groups in total. The molecule has 0 saturated carbocycles. The summed E-state index contributed by atoms with van der Waals surface area (Å²) in [6.45, 7) is 0.972. The van der Waals surface area contributed by atoms with Crippen LogP contribution in [0.3, 0.4) is 0 Å². The second-order valence-corrected chi connectivity index (χ2v) is 1.16. The summed E-state index contributed by atoms with van der Waals surface area (Å²) in [4.78, 5) is 33.6. The molecule has 0 aromatic heterocycles. The van der Waals surface area contributed by atoms with Crippen molar-refractivity contribution in [1.29, 1.82) is 0 Å². The van der Waals surface area contributed by atoms with Crippen LogP contribution in [0, 0.1) is 46.0 Å². The first-order chi connectivity index (χ1) is 6.93. The number of nitrogens with zero attached hydrogens (tertiary/aromatic N) is 3. The average molecular weight is 301 g/mol. The molecule has 0 bridgehead atoms. The minimum Gasteiger partial charge on any atom is -0.550 e. The van der Waals surface area contributed by atoms with Gasteiger partial charge in [-0.1, -0.05) is 0 Å². The van der Waals surface area contributed by atoms with Gasteiger partial charge in [-0.3, -0.25) is 0 Å². The van der Waals surface area contributed by atoms with Crippen LogP contribution in [0.2, 0.25) is 0 Å². The maximum absolute atomic E-state index is 8.89. The van der Waals surface area contributed by atoms with Gasteiger partial charge < -0.3 is 55.9 Å². The third-order valence-electron chi connectivity index (χ3n) is 0. The third kappa shape index (κ3) is 314. The molecule has 0 radical (unpaired) electrons. The summed E-state index contributed by atoms with van der Waals surface area (Å²) >= 11 is 0. The van der Waals surface area contributed by atoms with Gasteiger partial charge in [-0.2, -0.15) is 0 Å². The van der Waals surface area contributed by atoms with Crippen LogP contribution in [0.4, 0.5) is 0 Å². The first-order valence-electron chi connectivity index (χ1n) is 2.55. The van der Waals surface area contributed by atoms with E-state index in [9.17, 15) is 0 Å². The number of hydrogen-bond acceptors (Lipinski definition) is 11. The topological polar surface area (TPSA) is 239 Å². The molecule has 100 valence electrons. The Morgan fingerprint density at radius 1 is 0.765 bits per heavy atom. The van der Waals surface area contributed by atoms with E-state index in [0.717, 1.165) is 6.92 Å². The Labute approximate surface area is 102 Å². The van der Waals surface area contributed by atoms with Crippen LogP contribution in [-0.4, -0.2) is 21.2 Å². The molecule has 15 heteroatoms. The molecule has 0 unspecified atom stereocenters. The van der Waals surface area contributed by atoms with Crippen molar-refractivity contribution in [2.45, 2.75) is 6.92 Å².